The van der Waals surface area contributed by atoms with Gasteiger partial charge in [0, 0.05) is 74.0 Å². The van der Waals surface area contributed by atoms with Crippen molar-refractivity contribution in [3.8, 4) is 28.8 Å². The molecule has 7 rings (SSSR count). The minimum Gasteiger partial charge on any atom is -0.488 e. The molecule has 2 bridgehead atoms. The van der Waals surface area contributed by atoms with Gasteiger partial charge in [-0.3, -0.25) is 4.90 Å². The van der Waals surface area contributed by atoms with Crippen LogP contribution in [0.5, 0.6) is 11.6 Å². The number of hydrogen-bond donors (Lipinski definition) is 1. The monoisotopic (exact) mass is 604 g/mol. The van der Waals surface area contributed by atoms with Gasteiger partial charge in [0.15, 0.2) is 0 Å². The molecule has 0 radical (unpaired) electrons. The third-order valence-corrected chi connectivity index (χ3v) is 9.01. The molecule has 0 aromatic carbocycles. The van der Waals surface area contributed by atoms with Crippen molar-refractivity contribution in [1.82, 2.24) is 29.8 Å². The molecule has 0 saturated carbocycles. The molecule has 10 nitrogen and oxygen atoms in total. The van der Waals surface area contributed by atoms with Gasteiger partial charge in [-0.1, -0.05) is 18.2 Å². The Kier molecular flexibility index (Phi) is 8.71. The number of fused-ring (bicyclic) bond motifs is 3. The van der Waals surface area contributed by atoms with Gasteiger partial charge in [-0.15, -0.1) is 0 Å². The van der Waals surface area contributed by atoms with Crippen LogP contribution in [0.4, 0.5) is 5.82 Å². The van der Waals surface area contributed by atoms with E-state index in [1.807, 2.05) is 37.8 Å². The van der Waals surface area contributed by atoms with Gasteiger partial charge >= 0.3 is 0 Å². The van der Waals surface area contributed by atoms with E-state index in [2.05, 4.69) is 69.9 Å². The standard InChI is InChI=1S/C35H40N8O2/c1-23(2)27(8-6-24(3)37-4)22-45-31-13-32(35-28(14-36)17-40-43(35)21-31)26-9-10-33(38-16-26)41-19-29-12-30(20-41)42(29)18-25-7-11-34(44-5)39-15-25/h7,9-11,13,15-17,21,29-30,37H,3,6,8,12,18-20,22H2,1-2,4-5H3. The van der Waals surface area contributed by atoms with Crippen LogP contribution < -0.4 is 19.7 Å². The van der Waals surface area contributed by atoms with Gasteiger partial charge in [0.05, 0.1) is 30.6 Å². The fourth-order valence-corrected chi connectivity index (χ4v) is 6.24. The third-order valence-electron chi connectivity index (χ3n) is 9.01. The molecule has 7 heterocycles. The maximum atomic E-state index is 9.82. The number of methoxy groups -OCH3 is 1. The van der Waals surface area contributed by atoms with E-state index in [9.17, 15) is 5.26 Å². The quantitative estimate of drug-likeness (QED) is 0.214. The number of nitrogens with zero attached hydrogens (tertiary/aromatic N) is 7. The van der Waals surface area contributed by atoms with Crippen LogP contribution >= 0.6 is 0 Å². The molecule has 3 aliphatic rings. The number of nitrogens with one attached hydrogen (secondary N) is 1. The Bertz CT molecular complexity index is 1740. The fraction of sp³-hybridized carbons (Fsp3) is 0.371. The minimum atomic E-state index is 0.469. The Morgan fingerprint density at radius 1 is 1.09 bits per heavy atom. The summed E-state index contributed by atoms with van der Waals surface area (Å²) in [5.41, 5.74) is 7.71. The number of ether oxygens (including phenoxy) is 2. The van der Waals surface area contributed by atoms with Crippen LogP contribution in [0.15, 0.2) is 78.5 Å². The van der Waals surface area contributed by atoms with E-state index in [1.165, 1.54) is 23.1 Å². The van der Waals surface area contributed by atoms with E-state index in [4.69, 9.17) is 14.5 Å². The molecule has 3 saturated heterocycles. The van der Waals surface area contributed by atoms with Gasteiger partial charge < -0.3 is 19.7 Å². The van der Waals surface area contributed by atoms with Crippen LogP contribution in [0.1, 0.15) is 44.2 Å². The summed E-state index contributed by atoms with van der Waals surface area (Å²) in [6.07, 6.45) is 10.2. The van der Waals surface area contributed by atoms with Crippen LogP contribution in [-0.2, 0) is 6.54 Å². The zero-order valence-corrected chi connectivity index (χ0v) is 26.5. The largest absolute Gasteiger partial charge is 0.488 e. The van der Waals surface area contributed by atoms with E-state index < -0.39 is 0 Å². The van der Waals surface area contributed by atoms with Gasteiger partial charge in [-0.05, 0) is 62.4 Å². The van der Waals surface area contributed by atoms with Crippen molar-refractivity contribution >= 4 is 11.3 Å². The van der Waals surface area contributed by atoms with Crippen molar-refractivity contribution in [2.24, 2.45) is 0 Å². The van der Waals surface area contributed by atoms with Gasteiger partial charge in [0.1, 0.15) is 24.2 Å². The molecule has 0 aliphatic carbocycles. The highest BCUT2D eigenvalue weighted by atomic mass is 16.5. The molecule has 3 fully saturated rings. The van der Waals surface area contributed by atoms with Crippen molar-refractivity contribution in [3.63, 3.8) is 0 Å². The zero-order valence-electron chi connectivity index (χ0n) is 26.5. The average molecular weight is 605 g/mol. The number of anilines is 1. The summed E-state index contributed by atoms with van der Waals surface area (Å²) >= 11 is 0. The molecule has 1 N–H and O–H groups in total. The second-order valence-electron chi connectivity index (χ2n) is 12.0. The topological polar surface area (TPSA) is 104 Å². The lowest BCUT2D eigenvalue weighted by molar-refractivity contribution is -0.00876. The minimum absolute atomic E-state index is 0.469. The first-order valence-corrected chi connectivity index (χ1v) is 15.4. The van der Waals surface area contributed by atoms with E-state index in [0.29, 0.717) is 35.9 Å². The molecule has 3 aliphatic heterocycles. The molecule has 232 valence electrons. The number of hydrogen-bond acceptors (Lipinski definition) is 9. The second kappa shape index (κ2) is 13.0. The predicted octanol–water partition coefficient (Wildman–Crippen LogP) is 5.36. The van der Waals surface area contributed by atoms with Crippen LogP contribution in [0.3, 0.4) is 0 Å². The van der Waals surface area contributed by atoms with Gasteiger partial charge in [-0.2, -0.15) is 10.4 Å². The van der Waals surface area contributed by atoms with Crippen molar-refractivity contribution in [2.45, 2.75) is 51.7 Å². The van der Waals surface area contributed by atoms with E-state index in [-0.39, 0.29) is 0 Å². The Labute approximate surface area is 264 Å². The van der Waals surface area contributed by atoms with E-state index in [1.54, 1.807) is 17.8 Å². The zero-order chi connectivity index (χ0) is 31.5. The average Bonchev–Trinajstić information content (AvgIpc) is 3.50. The Morgan fingerprint density at radius 2 is 1.91 bits per heavy atom. The summed E-state index contributed by atoms with van der Waals surface area (Å²) < 4.78 is 13.2. The maximum Gasteiger partial charge on any atom is 0.212 e. The van der Waals surface area contributed by atoms with Crippen LogP contribution in [0.2, 0.25) is 0 Å². The SMILES string of the molecule is C=C(CCC(COc1cc(-c2ccc(N3CC4CC(C3)N4Cc3ccc(OC)nc3)nc2)c2c(C#N)cnn2c1)=C(C)C)NC. The number of pyridine rings is 3. The highest BCUT2D eigenvalue weighted by Gasteiger charge is 2.44. The Balaban J connectivity index is 1.17. The molecule has 0 amide bonds. The number of rotatable bonds is 12. The third kappa shape index (κ3) is 6.35. The summed E-state index contributed by atoms with van der Waals surface area (Å²) in [6.45, 7) is 11.5. The molecular formula is C35H40N8O2. The van der Waals surface area contributed by atoms with Crippen molar-refractivity contribution in [2.75, 3.05) is 38.8 Å². The van der Waals surface area contributed by atoms with Crippen LogP contribution in [0, 0.1) is 11.3 Å². The number of allylic oxidation sites excluding steroid dienone is 2. The Hall–Kier alpha value is -4.88. The summed E-state index contributed by atoms with van der Waals surface area (Å²) in [5, 5.41) is 17.4. The normalized spacial score (nSPS) is 17.4. The Morgan fingerprint density at radius 3 is 2.56 bits per heavy atom. The van der Waals surface area contributed by atoms with Crippen molar-refractivity contribution in [1.29, 1.82) is 5.26 Å². The highest BCUT2D eigenvalue weighted by molar-refractivity contribution is 5.85. The number of aromatic nitrogens is 4. The molecule has 0 spiro atoms. The number of nitriles is 1. The maximum absolute atomic E-state index is 9.82. The predicted molar refractivity (Wildman–Crippen MR) is 175 cm³/mol. The van der Waals surface area contributed by atoms with E-state index in [0.717, 1.165) is 60.6 Å². The van der Waals surface area contributed by atoms with Crippen molar-refractivity contribution in [3.05, 3.63) is 89.7 Å². The summed E-state index contributed by atoms with van der Waals surface area (Å²) in [7, 11) is 3.53. The molecular weight excluding hydrogens is 564 g/mol. The number of piperazine rings is 1. The first kappa shape index (κ1) is 30.2. The first-order chi connectivity index (χ1) is 21.9. The summed E-state index contributed by atoms with van der Waals surface area (Å²) in [4.78, 5) is 14.2. The second-order valence-corrected chi connectivity index (χ2v) is 12.0. The lowest BCUT2D eigenvalue weighted by Gasteiger charge is -2.56. The van der Waals surface area contributed by atoms with Crippen LogP contribution in [-0.4, -0.2) is 70.4 Å². The first-order valence-electron chi connectivity index (χ1n) is 15.4. The van der Waals surface area contributed by atoms with Gasteiger partial charge in [-0.25, -0.2) is 14.5 Å². The molecule has 10 heteroatoms. The van der Waals surface area contributed by atoms with Crippen molar-refractivity contribution < 1.29 is 9.47 Å². The van der Waals surface area contributed by atoms with Gasteiger partial charge in [0.25, 0.3) is 0 Å². The van der Waals surface area contributed by atoms with E-state index >= 15 is 0 Å². The molecule has 2 unspecified atom stereocenters. The molecule has 4 aromatic rings. The highest BCUT2D eigenvalue weighted by Crippen LogP contribution is 2.37. The van der Waals surface area contributed by atoms with Crippen LogP contribution in [0.25, 0.3) is 16.6 Å². The summed E-state index contributed by atoms with van der Waals surface area (Å²) in [5.74, 6) is 2.29. The molecule has 2 atom stereocenters. The summed E-state index contributed by atoms with van der Waals surface area (Å²) in [6, 6.07) is 13.5. The fourth-order valence-electron chi connectivity index (χ4n) is 6.24. The smallest absolute Gasteiger partial charge is 0.212 e. The van der Waals surface area contributed by atoms with Gasteiger partial charge in [0.2, 0.25) is 5.88 Å². The molecule has 45 heavy (non-hydrogen) atoms. The lowest BCUT2D eigenvalue weighted by atomic mass is 9.87. The number of piperidine rings is 1. The lowest BCUT2D eigenvalue weighted by Crippen LogP contribution is -2.68. The molecule has 4 aromatic heterocycles.